The first-order valence-electron chi connectivity index (χ1n) is 11.9. The molecule has 2 N–H and O–H groups in total. The van der Waals surface area contributed by atoms with Gasteiger partial charge in [0.05, 0.1) is 11.4 Å². The maximum Gasteiger partial charge on any atom is 0.490 e. The minimum absolute atomic E-state index is 0.00317. The normalized spacial score (nSPS) is 13.3. The van der Waals surface area contributed by atoms with E-state index in [2.05, 4.69) is 22.4 Å². The molecule has 1 amide bonds. The number of hydrogen-bond donors (Lipinski definition) is 2. The first-order chi connectivity index (χ1) is 18.2. The van der Waals surface area contributed by atoms with Gasteiger partial charge < -0.3 is 15.3 Å². The highest BCUT2D eigenvalue weighted by molar-refractivity contribution is 7.89. The van der Waals surface area contributed by atoms with Gasteiger partial charge in [0.15, 0.2) is 0 Å². The second kappa shape index (κ2) is 14.3. The van der Waals surface area contributed by atoms with Crippen molar-refractivity contribution in [2.45, 2.75) is 30.3 Å². The third-order valence-electron chi connectivity index (χ3n) is 5.69. The SMILES string of the molecule is CN(CCc1ccc(C2=NCCN2)cc1)C(=O)CCCN(C)S(=O)(=O)c1ccc(Cl)cc1.O=C(O)C(F)(F)F. The Bertz CT molecular complexity index is 1250. The number of carbonyl (C=O) groups excluding carboxylic acids is 1. The first-order valence-corrected chi connectivity index (χ1v) is 13.7. The molecule has 9 nitrogen and oxygen atoms in total. The molecular weight excluding hydrogens is 561 g/mol. The van der Waals surface area contributed by atoms with Crippen LogP contribution >= 0.6 is 11.6 Å². The van der Waals surface area contributed by atoms with Crippen LogP contribution in [0.1, 0.15) is 24.0 Å². The van der Waals surface area contributed by atoms with Crippen LogP contribution in [0.4, 0.5) is 13.2 Å². The smallest absolute Gasteiger partial charge is 0.475 e. The zero-order valence-electron chi connectivity index (χ0n) is 21.4. The fourth-order valence-electron chi connectivity index (χ4n) is 3.39. The number of carboxylic acid groups (broad SMARTS) is 1. The number of carbonyl (C=O) groups is 2. The maximum absolute atomic E-state index is 12.6. The topological polar surface area (TPSA) is 119 Å². The van der Waals surface area contributed by atoms with Gasteiger partial charge in [-0.25, -0.2) is 17.5 Å². The van der Waals surface area contributed by atoms with Crippen LogP contribution < -0.4 is 5.32 Å². The van der Waals surface area contributed by atoms with E-state index in [4.69, 9.17) is 21.5 Å². The minimum atomic E-state index is -5.08. The molecule has 0 bridgehead atoms. The molecule has 14 heteroatoms. The van der Waals surface area contributed by atoms with Gasteiger partial charge in [-0.2, -0.15) is 13.2 Å². The number of hydrogen-bond acceptors (Lipinski definition) is 6. The average Bonchev–Trinajstić information content (AvgIpc) is 3.42. The Morgan fingerprint density at radius 3 is 2.15 bits per heavy atom. The Balaban J connectivity index is 0.000000673. The number of benzene rings is 2. The maximum atomic E-state index is 12.6. The molecule has 0 saturated heterocycles. The number of sulfonamides is 1. The van der Waals surface area contributed by atoms with Crippen LogP contribution in [0.25, 0.3) is 0 Å². The molecule has 214 valence electrons. The standard InChI is InChI=1S/C23H29ClN4O3S.C2HF3O2/c1-27(17-13-18-5-7-19(8-6-18)23-25-14-15-26-23)22(29)4-3-16-28(2)32(30,31)21-11-9-20(24)10-12-21;3-2(4,5)1(6)7/h5-12H,3-4,13-17H2,1-2H3,(H,25,26);(H,6,7). The van der Waals surface area contributed by atoms with Gasteiger partial charge in [0.2, 0.25) is 15.9 Å². The Morgan fingerprint density at radius 1 is 1.05 bits per heavy atom. The summed E-state index contributed by atoms with van der Waals surface area (Å²) >= 11 is 5.83. The second-order valence-electron chi connectivity index (χ2n) is 8.61. The van der Waals surface area contributed by atoms with Crippen molar-refractivity contribution < 1.29 is 36.3 Å². The lowest BCUT2D eigenvalue weighted by Crippen LogP contribution is -2.31. The molecule has 2 aromatic rings. The number of amidine groups is 1. The molecule has 0 saturated carbocycles. The Morgan fingerprint density at radius 2 is 1.64 bits per heavy atom. The van der Waals surface area contributed by atoms with E-state index in [9.17, 15) is 26.4 Å². The monoisotopic (exact) mass is 590 g/mol. The fraction of sp³-hybridized carbons (Fsp3) is 0.400. The molecule has 0 unspecified atom stereocenters. The lowest BCUT2D eigenvalue weighted by Gasteiger charge is -2.19. The van der Waals surface area contributed by atoms with E-state index in [1.807, 2.05) is 12.1 Å². The third-order valence-corrected chi connectivity index (χ3v) is 7.81. The number of likely N-dealkylation sites (N-methyl/N-ethyl adjacent to an activating group) is 1. The van der Waals surface area contributed by atoms with E-state index in [1.165, 1.54) is 23.5 Å². The zero-order chi connectivity index (χ0) is 29.2. The Hall–Kier alpha value is -3.16. The molecule has 39 heavy (non-hydrogen) atoms. The molecule has 1 heterocycles. The average molecular weight is 591 g/mol. The summed E-state index contributed by atoms with van der Waals surface area (Å²) in [6, 6.07) is 14.3. The highest BCUT2D eigenvalue weighted by Crippen LogP contribution is 2.18. The van der Waals surface area contributed by atoms with Gasteiger partial charge in [0.25, 0.3) is 0 Å². The zero-order valence-corrected chi connectivity index (χ0v) is 23.0. The largest absolute Gasteiger partial charge is 0.490 e. The van der Waals surface area contributed by atoms with Crippen LogP contribution in [0, 0.1) is 0 Å². The number of carboxylic acids is 1. The number of aliphatic imine (C=N–C) groups is 1. The van der Waals surface area contributed by atoms with Crippen molar-refractivity contribution in [1.29, 1.82) is 0 Å². The van der Waals surface area contributed by atoms with Crippen molar-refractivity contribution in [2.24, 2.45) is 4.99 Å². The quantitative estimate of drug-likeness (QED) is 0.438. The molecule has 1 aliphatic rings. The van der Waals surface area contributed by atoms with Crippen molar-refractivity contribution in [2.75, 3.05) is 40.3 Å². The van der Waals surface area contributed by atoms with Gasteiger partial charge in [-0.1, -0.05) is 35.9 Å². The van der Waals surface area contributed by atoms with Crippen molar-refractivity contribution in [3.63, 3.8) is 0 Å². The van der Waals surface area contributed by atoms with E-state index >= 15 is 0 Å². The molecule has 0 aliphatic carbocycles. The summed E-state index contributed by atoms with van der Waals surface area (Å²) in [4.78, 5) is 27.7. The predicted molar refractivity (Wildman–Crippen MR) is 141 cm³/mol. The third kappa shape index (κ3) is 10.2. The van der Waals surface area contributed by atoms with Gasteiger partial charge in [0.1, 0.15) is 5.84 Å². The molecule has 1 aliphatic heterocycles. The first kappa shape index (κ1) is 32.1. The van der Waals surface area contributed by atoms with E-state index in [0.717, 1.165) is 36.5 Å². The molecule has 0 aromatic heterocycles. The lowest BCUT2D eigenvalue weighted by molar-refractivity contribution is -0.192. The molecule has 3 rings (SSSR count). The molecular formula is C25H30ClF3N4O5S. The molecule has 0 spiro atoms. The van der Waals surface area contributed by atoms with Crippen LogP contribution in [0.15, 0.2) is 58.4 Å². The highest BCUT2D eigenvalue weighted by Gasteiger charge is 2.38. The van der Waals surface area contributed by atoms with Gasteiger partial charge in [0, 0.05) is 50.7 Å². The number of halogens is 4. The number of nitrogens with zero attached hydrogens (tertiary/aromatic N) is 3. The van der Waals surface area contributed by atoms with Gasteiger partial charge in [-0.15, -0.1) is 0 Å². The van der Waals surface area contributed by atoms with Crippen LogP contribution in [0.3, 0.4) is 0 Å². The molecule has 2 aromatic carbocycles. The number of nitrogens with one attached hydrogen (secondary N) is 1. The molecule has 0 fully saturated rings. The summed E-state index contributed by atoms with van der Waals surface area (Å²) in [6.07, 6.45) is -3.58. The van der Waals surface area contributed by atoms with Gasteiger partial charge >= 0.3 is 12.1 Å². The summed E-state index contributed by atoms with van der Waals surface area (Å²) < 4.78 is 58.2. The van der Waals surface area contributed by atoms with Crippen molar-refractivity contribution in [3.8, 4) is 0 Å². The lowest BCUT2D eigenvalue weighted by atomic mass is 10.1. The predicted octanol–water partition coefficient (Wildman–Crippen LogP) is 3.42. The number of amides is 1. The van der Waals surface area contributed by atoms with Gasteiger partial charge in [-0.05, 0) is 42.7 Å². The fourth-order valence-corrected chi connectivity index (χ4v) is 4.73. The summed E-state index contributed by atoms with van der Waals surface area (Å²) in [6.45, 7) is 2.57. The van der Waals surface area contributed by atoms with Crippen molar-refractivity contribution in [3.05, 3.63) is 64.7 Å². The number of aliphatic carboxylic acids is 1. The highest BCUT2D eigenvalue weighted by atomic mass is 35.5. The molecule has 0 radical (unpaired) electrons. The summed E-state index contributed by atoms with van der Waals surface area (Å²) in [7, 11) is -0.291. The molecule has 0 atom stereocenters. The van der Waals surface area contributed by atoms with E-state index < -0.39 is 22.2 Å². The summed E-state index contributed by atoms with van der Waals surface area (Å²) in [5, 5.41) is 10.9. The van der Waals surface area contributed by atoms with Crippen molar-refractivity contribution >= 4 is 39.3 Å². The van der Waals surface area contributed by atoms with Gasteiger partial charge in [-0.3, -0.25) is 9.79 Å². The Kier molecular flexibility index (Phi) is 11.7. The van der Waals surface area contributed by atoms with Crippen LogP contribution in [-0.4, -0.2) is 86.9 Å². The second-order valence-corrected chi connectivity index (χ2v) is 11.1. The van der Waals surface area contributed by atoms with Crippen LogP contribution in [0.2, 0.25) is 5.02 Å². The number of alkyl halides is 3. The van der Waals surface area contributed by atoms with E-state index in [0.29, 0.717) is 24.4 Å². The van der Waals surface area contributed by atoms with Crippen LogP contribution in [0.5, 0.6) is 0 Å². The Labute approximate surface area is 230 Å². The van der Waals surface area contributed by atoms with Crippen LogP contribution in [-0.2, 0) is 26.0 Å². The summed E-state index contributed by atoms with van der Waals surface area (Å²) in [5.41, 5.74) is 2.23. The van der Waals surface area contributed by atoms with E-state index in [-0.39, 0.29) is 17.3 Å². The minimum Gasteiger partial charge on any atom is -0.475 e. The summed E-state index contributed by atoms with van der Waals surface area (Å²) in [5.74, 6) is -1.82. The van der Waals surface area contributed by atoms with E-state index in [1.54, 1.807) is 24.1 Å². The van der Waals surface area contributed by atoms with Crippen molar-refractivity contribution in [1.82, 2.24) is 14.5 Å². The number of rotatable bonds is 10.